The van der Waals surface area contributed by atoms with E-state index in [1.54, 1.807) is 13.0 Å². The van der Waals surface area contributed by atoms with E-state index in [0.29, 0.717) is 5.56 Å². The van der Waals surface area contributed by atoms with Crippen molar-refractivity contribution in [2.24, 2.45) is 0 Å². The third-order valence-corrected chi connectivity index (χ3v) is 3.02. The summed E-state index contributed by atoms with van der Waals surface area (Å²) in [6.45, 7) is 2.34. The lowest BCUT2D eigenvalue weighted by Crippen LogP contribution is -2.38. The summed E-state index contributed by atoms with van der Waals surface area (Å²) >= 11 is 0. The molecule has 96 valence electrons. The molecule has 0 spiro atoms. The maximum Gasteiger partial charge on any atom is 0.126 e. The van der Waals surface area contributed by atoms with Crippen molar-refractivity contribution in [3.05, 3.63) is 35.1 Å². The molecule has 0 aliphatic heterocycles. The summed E-state index contributed by atoms with van der Waals surface area (Å²) in [4.78, 5) is 1.90. The van der Waals surface area contributed by atoms with Crippen molar-refractivity contribution in [3.8, 4) is 0 Å². The van der Waals surface area contributed by atoms with Gasteiger partial charge in [-0.1, -0.05) is 12.1 Å². The molecule has 0 aliphatic carbocycles. The van der Waals surface area contributed by atoms with Crippen molar-refractivity contribution in [1.82, 2.24) is 4.90 Å². The summed E-state index contributed by atoms with van der Waals surface area (Å²) in [5.41, 5.74) is 1.70. The monoisotopic (exact) mass is 241 g/mol. The molecule has 0 amide bonds. The quantitative estimate of drug-likeness (QED) is 0.779. The van der Waals surface area contributed by atoms with Crippen molar-refractivity contribution >= 4 is 0 Å². The van der Waals surface area contributed by atoms with Crippen molar-refractivity contribution in [3.63, 3.8) is 0 Å². The van der Waals surface area contributed by atoms with E-state index in [0.717, 1.165) is 18.5 Å². The Labute approximate surface area is 101 Å². The van der Waals surface area contributed by atoms with Gasteiger partial charge < -0.3 is 10.2 Å². The third-order valence-electron chi connectivity index (χ3n) is 3.02. The average molecular weight is 241 g/mol. The fraction of sp³-hybridized carbons (Fsp3) is 0.538. The maximum atomic E-state index is 13.1. The molecule has 0 heterocycles. The minimum atomic E-state index is -0.225. The number of likely N-dealkylation sites (N-methyl/N-ethyl adjacent to an activating group) is 1. The summed E-state index contributed by atoms with van der Waals surface area (Å²) in [5, 5.41) is 18.0. The second-order valence-corrected chi connectivity index (χ2v) is 4.33. The van der Waals surface area contributed by atoms with Crippen LogP contribution in [0.3, 0.4) is 0 Å². The van der Waals surface area contributed by atoms with Gasteiger partial charge in [-0.05, 0) is 37.6 Å². The van der Waals surface area contributed by atoms with E-state index in [1.165, 1.54) is 6.07 Å². The van der Waals surface area contributed by atoms with Crippen LogP contribution in [0.4, 0.5) is 4.39 Å². The molecule has 1 aromatic rings. The number of nitrogens with zero attached hydrogens (tertiary/aromatic N) is 1. The standard InChI is InChI=1S/C13H20FNO2/c1-10-7-11(3-4-13(10)14)5-6-15(2)12(8-16)9-17/h3-4,7,12,16-17H,5-6,8-9H2,1-2H3. The van der Waals surface area contributed by atoms with Crippen LogP contribution in [-0.4, -0.2) is 48.0 Å². The summed E-state index contributed by atoms with van der Waals surface area (Å²) in [5.74, 6) is -0.189. The van der Waals surface area contributed by atoms with E-state index in [4.69, 9.17) is 10.2 Å². The van der Waals surface area contributed by atoms with Crippen LogP contribution < -0.4 is 0 Å². The van der Waals surface area contributed by atoms with Gasteiger partial charge in [-0.15, -0.1) is 0 Å². The largest absolute Gasteiger partial charge is 0.395 e. The molecular weight excluding hydrogens is 221 g/mol. The molecular formula is C13H20FNO2. The molecule has 3 nitrogen and oxygen atoms in total. The van der Waals surface area contributed by atoms with Crippen LogP contribution in [0.25, 0.3) is 0 Å². The first kappa shape index (κ1) is 14.1. The Morgan fingerprint density at radius 3 is 2.47 bits per heavy atom. The Hall–Kier alpha value is -0.970. The number of hydrogen-bond acceptors (Lipinski definition) is 3. The third kappa shape index (κ3) is 4.07. The summed E-state index contributed by atoms with van der Waals surface area (Å²) in [6.07, 6.45) is 0.772. The van der Waals surface area contributed by atoms with Gasteiger partial charge >= 0.3 is 0 Å². The SMILES string of the molecule is Cc1cc(CCN(C)C(CO)CO)ccc1F. The van der Waals surface area contributed by atoms with Gasteiger partial charge in [0.05, 0.1) is 19.3 Å². The molecule has 1 aromatic carbocycles. The van der Waals surface area contributed by atoms with Crippen molar-refractivity contribution in [2.75, 3.05) is 26.8 Å². The molecule has 4 heteroatoms. The average Bonchev–Trinajstić information content (AvgIpc) is 2.32. The second-order valence-electron chi connectivity index (χ2n) is 4.33. The second kappa shape index (κ2) is 6.69. The number of hydrogen-bond donors (Lipinski definition) is 2. The zero-order valence-electron chi connectivity index (χ0n) is 10.4. The Morgan fingerprint density at radius 2 is 1.94 bits per heavy atom. The smallest absolute Gasteiger partial charge is 0.126 e. The number of aryl methyl sites for hydroxylation is 1. The van der Waals surface area contributed by atoms with Gasteiger partial charge in [0.25, 0.3) is 0 Å². The molecule has 17 heavy (non-hydrogen) atoms. The number of aliphatic hydroxyl groups is 2. The molecule has 1 rings (SSSR count). The maximum absolute atomic E-state index is 13.1. The first-order valence-electron chi connectivity index (χ1n) is 5.75. The minimum absolute atomic E-state index is 0.0601. The molecule has 0 bridgehead atoms. The topological polar surface area (TPSA) is 43.7 Å². The predicted molar refractivity (Wildman–Crippen MR) is 65.4 cm³/mol. The lowest BCUT2D eigenvalue weighted by molar-refractivity contribution is 0.0925. The lowest BCUT2D eigenvalue weighted by Gasteiger charge is -2.24. The molecule has 2 N–H and O–H groups in total. The van der Waals surface area contributed by atoms with Crippen LogP contribution in [0.1, 0.15) is 11.1 Å². The van der Waals surface area contributed by atoms with Crippen molar-refractivity contribution < 1.29 is 14.6 Å². The molecule has 0 saturated heterocycles. The van der Waals surface area contributed by atoms with E-state index in [1.807, 2.05) is 18.0 Å². The highest BCUT2D eigenvalue weighted by molar-refractivity contribution is 5.24. The van der Waals surface area contributed by atoms with E-state index < -0.39 is 0 Å². The van der Waals surface area contributed by atoms with Gasteiger partial charge in [0, 0.05) is 6.54 Å². The Bertz CT molecular complexity index is 353. The number of halogens is 1. The van der Waals surface area contributed by atoms with Gasteiger partial charge in [0.15, 0.2) is 0 Å². The number of benzene rings is 1. The molecule has 0 aliphatic rings. The van der Waals surface area contributed by atoms with Crippen molar-refractivity contribution in [2.45, 2.75) is 19.4 Å². The predicted octanol–water partition coefficient (Wildman–Crippen LogP) is 0.962. The van der Waals surface area contributed by atoms with E-state index >= 15 is 0 Å². The van der Waals surface area contributed by atoms with E-state index in [-0.39, 0.29) is 25.1 Å². The Morgan fingerprint density at radius 1 is 1.29 bits per heavy atom. The zero-order chi connectivity index (χ0) is 12.8. The molecule has 0 unspecified atom stereocenters. The highest BCUT2D eigenvalue weighted by atomic mass is 19.1. The Kier molecular flexibility index (Phi) is 5.55. The number of aliphatic hydroxyl groups excluding tert-OH is 2. The molecule has 0 fully saturated rings. The minimum Gasteiger partial charge on any atom is -0.395 e. The summed E-state index contributed by atoms with van der Waals surface area (Å²) < 4.78 is 13.1. The van der Waals surface area contributed by atoms with Gasteiger partial charge in [0.1, 0.15) is 5.82 Å². The van der Waals surface area contributed by atoms with E-state index in [2.05, 4.69) is 0 Å². The first-order chi connectivity index (χ1) is 8.08. The van der Waals surface area contributed by atoms with Crippen LogP contribution >= 0.6 is 0 Å². The Balaban J connectivity index is 2.52. The fourth-order valence-corrected chi connectivity index (χ4v) is 1.69. The van der Waals surface area contributed by atoms with E-state index in [9.17, 15) is 4.39 Å². The molecule has 0 atom stereocenters. The molecule has 0 saturated carbocycles. The van der Waals surface area contributed by atoms with Gasteiger partial charge in [-0.2, -0.15) is 0 Å². The van der Waals surface area contributed by atoms with Crippen LogP contribution in [-0.2, 0) is 6.42 Å². The van der Waals surface area contributed by atoms with Crippen LogP contribution in [0.15, 0.2) is 18.2 Å². The highest BCUT2D eigenvalue weighted by Crippen LogP contribution is 2.10. The van der Waals surface area contributed by atoms with Gasteiger partial charge in [-0.3, -0.25) is 4.90 Å². The summed E-state index contributed by atoms with van der Waals surface area (Å²) in [6, 6.07) is 4.84. The van der Waals surface area contributed by atoms with Gasteiger partial charge in [0.2, 0.25) is 0 Å². The van der Waals surface area contributed by atoms with Crippen LogP contribution in [0.5, 0.6) is 0 Å². The van der Waals surface area contributed by atoms with Crippen molar-refractivity contribution in [1.29, 1.82) is 0 Å². The normalized spacial score (nSPS) is 11.5. The molecule has 0 aromatic heterocycles. The fourth-order valence-electron chi connectivity index (χ4n) is 1.69. The van der Waals surface area contributed by atoms with Gasteiger partial charge in [-0.25, -0.2) is 4.39 Å². The summed E-state index contributed by atoms with van der Waals surface area (Å²) in [7, 11) is 1.85. The van der Waals surface area contributed by atoms with Crippen LogP contribution in [0.2, 0.25) is 0 Å². The van der Waals surface area contributed by atoms with Crippen LogP contribution in [0, 0.1) is 12.7 Å². The number of rotatable bonds is 6. The lowest BCUT2D eigenvalue weighted by atomic mass is 10.1. The molecule has 0 radical (unpaired) electrons. The first-order valence-corrected chi connectivity index (χ1v) is 5.75. The highest BCUT2D eigenvalue weighted by Gasteiger charge is 2.12. The zero-order valence-corrected chi connectivity index (χ0v) is 10.4.